The molecule has 132 valence electrons. The van der Waals surface area contributed by atoms with Crippen LogP contribution in [0.25, 0.3) is 5.69 Å². The Labute approximate surface area is 146 Å². The number of nitrogens with zero attached hydrogens (tertiary/aromatic N) is 3. The normalized spacial score (nSPS) is 11.2. The zero-order valence-corrected chi connectivity index (χ0v) is 15.4. The standard InChI is InChI=1S/C20H31N3O/c1-4-6-13-22(14-7-5-2)15-16-24-20-17-18(3)21-23(20)19-11-9-8-10-12-19/h8-12,17H,4-7,13-16H2,1-3H3. The highest BCUT2D eigenvalue weighted by molar-refractivity contribution is 5.35. The van der Waals surface area contributed by atoms with Crippen molar-refractivity contribution in [2.75, 3.05) is 26.2 Å². The van der Waals surface area contributed by atoms with Crippen molar-refractivity contribution in [3.63, 3.8) is 0 Å². The summed E-state index contributed by atoms with van der Waals surface area (Å²) in [5, 5.41) is 4.56. The molecule has 0 saturated carbocycles. The van der Waals surface area contributed by atoms with Gasteiger partial charge in [0.05, 0.1) is 11.4 Å². The molecule has 2 rings (SSSR count). The lowest BCUT2D eigenvalue weighted by atomic mass is 10.2. The highest BCUT2D eigenvalue weighted by atomic mass is 16.5. The van der Waals surface area contributed by atoms with Crippen molar-refractivity contribution in [1.29, 1.82) is 0 Å². The molecule has 1 aromatic heterocycles. The number of para-hydroxylation sites is 1. The summed E-state index contributed by atoms with van der Waals surface area (Å²) in [5.41, 5.74) is 2.01. The van der Waals surface area contributed by atoms with Crippen LogP contribution in [-0.4, -0.2) is 40.9 Å². The van der Waals surface area contributed by atoms with Crippen LogP contribution >= 0.6 is 0 Å². The Hall–Kier alpha value is -1.81. The quantitative estimate of drug-likeness (QED) is 0.609. The fraction of sp³-hybridized carbons (Fsp3) is 0.550. The van der Waals surface area contributed by atoms with Gasteiger partial charge in [0, 0.05) is 12.6 Å². The molecule has 0 atom stereocenters. The van der Waals surface area contributed by atoms with E-state index in [9.17, 15) is 0 Å². The molecule has 0 aliphatic carbocycles. The number of aromatic nitrogens is 2. The van der Waals surface area contributed by atoms with Gasteiger partial charge in [-0.3, -0.25) is 4.90 Å². The second-order valence-corrected chi connectivity index (χ2v) is 6.27. The lowest BCUT2D eigenvalue weighted by Crippen LogP contribution is -2.30. The van der Waals surface area contributed by atoms with E-state index in [-0.39, 0.29) is 0 Å². The topological polar surface area (TPSA) is 30.3 Å². The third kappa shape index (κ3) is 5.68. The molecule has 1 aromatic carbocycles. The van der Waals surface area contributed by atoms with Gasteiger partial charge in [-0.15, -0.1) is 0 Å². The zero-order chi connectivity index (χ0) is 17.2. The van der Waals surface area contributed by atoms with Gasteiger partial charge >= 0.3 is 0 Å². The predicted molar refractivity (Wildman–Crippen MR) is 100 cm³/mol. The fourth-order valence-electron chi connectivity index (χ4n) is 2.71. The third-order valence-electron chi connectivity index (χ3n) is 4.11. The van der Waals surface area contributed by atoms with Crippen LogP contribution in [0.1, 0.15) is 45.2 Å². The van der Waals surface area contributed by atoms with Crippen molar-refractivity contribution >= 4 is 0 Å². The van der Waals surface area contributed by atoms with Crippen LogP contribution in [0.4, 0.5) is 0 Å². The van der Waals surface area contributed by atoms with Crippen molar-refractivity contribution in [1.82, 2.24) is 14.7 Å². The highest BCUT2D eigenvalue weighted by Crippen LogP contribution is 2.19. The summed E-state index contributed by atoms with van der Waals surface area (Å²) in [6.07, 6.45) is 4.99. The summed E-state index contributed by atoms with van der Waals surface area (Å²) in [6, 6.07) is 12.2. The summed E-state index contributed by atoms with van der Waals surface area (Å²) >= 11 is 0. The monoisotopic (exact) mass is 329 g/mol. The van der Waals surface area contributed by atoms with E-state index in [2.05, 4.69) is 23.8 Å². The SMILES string of the molecule is CCCCN(CCCC)CCOc1cc(C)nn1-c1ccccc1. The lowest BCUT2D eigenvalue weighted by Gasteiger charge is -2.22. The Morgan fingerprint density at radius 1 is 1.00 bits per heavy atom. The first-order valence-electron chi connectivity index (χ1n) is 9.21. The summed E-state index contributed by atoms with van der Waals surface area (Å²) < 4.78 is 7.95. The van der Waals surface area contributed by atoms with E-state index in [1.807, 2.05) is 48.0 Å². The van der Waals surface area contributed by atoms with Crippen LogP contribution < -0.4 is 4.74 Å². The van der Waals surface area contributed by atoms with Crippen molar-refractivity contribution in [2.24, 2.45) is 0 Å². The molecule has 0 aliphatic rings. The minimum Gasteiger partial charge on any atom is -0.476 e. The van der Waals surface area contributed by atoms with E-state index in [1.54, 1.807) is 0 Å². The average Bonchev–Trinajstić information content (AvgIpc) is 2.98. The fourth-order valence-corrected chi connectivity index (χ4v) is 2.71. The first-order valence-corrected chi connectivity index (χ1v) is 9.21. The Morgan fingerprint density at radius 3 is 2.29 bits per heavy atom. The van der Waals surface area contributed by atoms with E-state index in [1.165, 1.54) is 25.7 Å². The molecular formula is C20H31N3O. The number of hydrogen-bond acceptors (Lipinski definition) is 3. The average molecular weight is 329 g/mol. The molecule has 0 saturated heterocycles. The van der Waals surface area contributed by atoms with Crippen molar-refractivity contribution in [3.8, 4) is 11.6 Å². The molecule has 4 nitrogen and oxygen atoms in total. The van der Waals surface area contributed by atoms with Gasteiger partial charge in [0.15, 0.2) is 0 Å². The second kappa shape index (κ2) is 10.1. The van der Waals surface area contributed by atoms with Gasteiger partial charge in [-0.2, -0.15) is 5.10 Å². The van der Waals surface area contributed by atoms with Gasteiger partial charge in [0.25, 0.3) is 0 Å². The Morgan fingerprint density at radius 2 is 1.67 bits per heavy atom. The number of unbranched alkanes of at least 4 members (excludes halogenated alkanes) is 2. The van der Waals surface area contributed by atoms with Gasteiger partial charge in [0.1, 0.15) is 6.61 Å². The van der Waals surface area contributed by atoms with E-state index >= 15 is 0 Å². The Kier molecular flexibility index (Phi) is 7.83. The van der Waals surface area contributed by atoms with Gasteiger partial charge in [-0.1, -0.05) is 44.9 Å². The Balaban J connectivity index is 1.93. The van der Waals surface area contributed by atoms with Crippen LogP contribution in [0.2, 0.25) is 0 Å². The molecule has 0 spiro atoms. The predicted octanol–water partition coefficient (Wildman–Crippen LogP) is 4.46. The minimum atomic E-state index is 0.700. The molecule has 0 radical (unpaired) electrons. The van der Waals surface area contributed by atoms with Crippen LogP contribution in [0.3, 0.4) is 0 Å². The third-order valence-corrected chi connectivity index (χ3v) is 4.11. The van der Waals surface area contributed by atoms with E-state index in [0.29, 0.717) is 6.61 Å². The largest absolute Gasteiger partial charge is 0.476 e. The van der Waals surface area contributed by atoms with Gasteiger partial charge in [-0.25, -0.2) is 4.68 Å². The molecule has 0 N–H and O–H groups in total. The van der Waals surface area contributed by atoms with Crippen molar-refractivity contribution in [2.45, 2.75) is 46.5 Å². The van der Waals surface area contributed by atoms with E-state index in [4.69, 9.17) is 4.74 Å². The summed E-state index contributed by atoms with van der Waals surface area (Å²) in [7, 11) is 0. The van der Waals surface area contributed by atoms with Crippen LogP contribution in [-0.2, 0) is 0 Å². The number of ether oxygens (including phenoxy) is 1. The molecule has 4 heteroatoms. The number of aryl methyl sites for hydroxylation is 1. The summed E-state index contributed by atoms with van der Waals surface area (Å²) in [6.45, 7) is 10.5. The lowest BCUT2D eigenvalue weighted by molar-refractivity contribution is 0.198. The molecule has 0 fully saturated rings. The van der Waals surface area contributed by atoms with Crippen LogP contribution in [0, 0.1) is 6.92 Å². The maximum atomic E-state index is 6.06. The maximum absolute atomic E-state index is 6.06. The molecule has 0 unspecified atom stereocenters. The first-order chi connectivity index (χ1) is 11.7. The van der Waals surface area contributed by atoms with Gasteiger partial charge in [0.2, 0.25) is 5.88 Å². The first kappa shape index (κ1) is 18.5. The smallest absolute Gasteiger partial charge is 0.216 e. The summed E-state index contributed by atoms with van der Waals surface area (Å²) in [4.78, 5) is 2.52. The zero-order valence-electron chi connectivity index (χ0n) is 15.4. The number of benzene rings is 1. The van der Waals surface area contributed by atoms with Crippen molar-refractivity contribution < 1.29 is 4.74 Å². The van der Waals surface area contributed by atoms with Crippen LogP contribution in [0.5, 0.6) is 5.88 Å². The number of hydrogen-bond donors (Lipinski definition) is 0. The van der Waals surface area contributed by atoms with Gasteiger partial charge < -0.3 is 4.74 Å². The molecule has 24 heavy (non-hydrogen) atoms. The molecule has 2 aromatic rings. The van der Waals surface area contributed by atoms with E-state index < -0.39 is 0 Å². The summed E-state index contributed by atoms with van der Waals surface area (Å²) in [5.74, 6) is 0.824. The van der Waals surface area contributed by atoms with E-state index in [0.717, 1.165) is 36.9 Å². The maximum Gasteiger partial charge on any atom is 0.216 e. The number of rotatable bonds is 11. The molecule has 1 heterocycles. The minimum absolute atomic E-state index is 0.700. The Bertz CT molecular complexity index is 572. The molecule has 0 amide bonds. The van der Waals surface area contributed by atoms with Crippen LogP contribution in [0.15, 0.2) is 36.4 Å². The molecule has 0 aliphatic heterocycles. The highest BCUT2D eigenvalue weighted by Gasteiger charge is 2.10. The molecular weight excluding hydrogens is 298 g/mol. The van der Waals surface area contributed by atoms with Gasteiger partial charge in [-0.05, 0) is 45.0 Å². The van der Waals surface area contributed by atoms with Crippen molar-refractivity contribution in [3.05, 3.63) is 42.1 Å². The second-order valence-electron chi connectivity index (χ2n) is 6.27. The molecule has 0 bridgehead atoms.